The zero-order valence-electron chi connectivity index (χ0n) is 15.3. The number of amides is 1. The molecule has 1 amide bonds. The quantitative estimate of drug-likeness (QED) is 0.663. The van der Waals surface area contributed by atoms with Crippen LogP contribution >= 0.6 is 0 Å². The van der Waals surface area contributed by atoms with Gasteiger partial charge in [0, 0.05) is 25.1 Å². The molecule has 140 valence electrons. The lowest BCUT2D eigenvalue weighted by molar-refractivity contribution is -0.132. The Morgan fingerprint density at radius 1 is 1.19 bits per heavy atom. The maximum atomic E-state index is 12.3. The number of nitrogens with one attached hydrogen (secondary N) is 1. The SMILES string of the molecule is COc1cccc(CO[C@@H](C)C(=O)NCc2ccnc(-n3cccn3)c2)c1. The summed E-state index contributed by atoms with van der Waals surface area (Å²) in [4.78, 5) is 16.6. The molecule has 0 saturated carbocycles. The fourth-order valence-corrected chi connectivity index (χ4v) is 2.49. The number of methoxy groups -OCH3 is 1. The van der Waals surface area contributed by atoms with Crippen molar-refractivity contribution < 1.29 is 14.3 Å². The summed E-state index contributed by atoms with van der Waals surface area (Å²) >= 11 is 0. The fourth-order valence-electron chi connectivity index (χ4n) is 2.49. The van der Waals surface area contributed by atoms with Gasteiger partial charge >= 0.3 is 0 Å². The van der Waals surface area contributed by atoms with Gasteiger partial charge in [0.05, 0.1) is 13.7 Å². The second kappa shape index (κ2) is 8.95. The van der Waals surface area contributed by atoms with E-state index in [1.807, 2.05) is 48.7 Å². The molecule has 3 rings (SSSR count). The monoisotopic (exact) mass is 366 g/mol. The molecule has 27 heavy (non-hydrogen) atoms. The normalized spacial score (nSPS) is 11.8. The van der Waals surface area contributed by atoms with Crippen LogP contribution in [0.1, 0.15) is 18.1 Å². The highest BCUT2D eigenvalue weighted by Gasteiger charge is 2.13. The maximum Gasteiger partial charge on any atom is 0.249 e. The lowest BCUT2D eigenvalue weighted by Crippen LogP contribution is -2.34. The van der Waals surface area contributed by atoms with Gasteiger partial charge in [-0.3, -0.25) is 4.79 Å². The van der Waals surface area contributed by atoms with Gasteiger partial charge in [0.2, 0.25) is 5.91 Å². The van der Waals surface area contributed by atoms with E-state index in [2.05, 4.69) is 15.4 Å². The fraction of sp³-hybridized carbons (Fsp3) is 0.250. The zero-order valence-corrected chi connectivity index (χ0v) is 15.3. The molecule has 0 aliphatic carbocycles. The average Bonchev–Trinajstić information content (AvgIpc) is 3.25. The van der Waals surface area contributed by atoms with Gasteiger partial charge in [-0.2, -0.15) is 5.10 Å². The smallest absolute Gasteiger partial charge is 0.249 e. The second-order valence-electron chi connectivity index (χ2n) is 6.00. The van der Waals surface area contributed by atoms with Crippen LogP contribution in [0.5, 0.6) is 5.75 Å². The number of rotatable bonds is 8. The van der Waals surface area contributed by atoms with Gasteiger partial charge in [0.1, 0.15) is 11.9 Å². The third kappa shape index (κ3) is 5.15. The lowest BCUT2D eigenvalue weighted by atomic mass is 10.2. The van der Waals surface area contributed by atoms with E-state index in [9.17, 15) is 4.79 Å². The van der Waals surface area contributed by atoms with Crippen molar-refractivity contribution in [3.8, 4) is 11.6 Å². The largest absolute Gasteiger partial charge is 0.497 e. The Labute approximate surface area is 158 Å². The van der Waals surface area contributed by atoms with Crippen LogP contribution in [0.2, 0.25) is 0 Å². The summed E-state index contributed by atoms with van der Waals surface area (Å²) in [5, 5.41) is 7.04. The summed E-state index contributed by atoms with van der Waals surface area (Å²) in [7, 11) is 1.62. The molecule has 0 unspecified atom stereocenters. The van der Waals surface area contributed by atoms with Gasteiger partial charge in [-0.15, -0.1) is 0 Å². The van der Waals surface area contributed by atoms with Crippen molar-refractivity contribution in [2.75, 3.05) is 7.11 Å². The third-order valence-electron chi connectivity index (χ3n) is 4.02. The number of hydrogen-bond donors (Lipinski definition) is 1. The molecule has 2 heterocycles. The Morgan fingerprint density at radius 3 is 2.85 bits per heavy atom. The number of ether oxygens (including phenoxy) is 2. The van der Waals surface area contributed by atoms with Gasteiger partial charge in [-0.1, -0.05) is 12.1 Å². The van der Waals surface area contributed by atoms with E-state index < -0.39 is 6.10 Å². The Bertz CT molecular complexity index is 880. The molecule has 1 N–H and O–H groups in total. The molecule has 0 aliphatic heterocycles. The standard InChI is InChI=1S/C20H22N4O3/c1-15(27-14-17-5-3-6-18(11-17)26-2)20(25)22-13-16-7-9-21-19(12-16)24-10-4-8-23-24/h3-12,15H,13-14H2,1-2H3,(H,22,25)/t15-/m0/s1. The summed E-state index contributed by atoms with van der Waals surface area (Å²) in [6.45, 7) is 2.46. The summed E-state index contributed by atoms with van der Waals surface area (Å²) in [6, 6.07) is 13.1. The molecular formula is C20H22N4O3. The van der Waals surface area contributed by atoms with Crippen LogP contribution in [0.4, 0.5) is 0 Å². The van der Waals surface area contributed by atoms with E-state index >= 15 is 0 Å². The Morgan fingerprint density at radius 2 is 2.07 bits per heavy atom. The predicted octanol–water partition coefficient (Wildman–Crippen LogP) is 2.50. The molecule has 7 nitrogen and oxygen atoms in total. The van der Waals surface area contributed by atoms with Gasteiger partial charge in [0.25, 0.3) is 0 Å². The molecule has 0 saturated heterocycles. The molecule has 0 aliphatic rings. The number of pyridine rings is 1. The second-order valence-corrected chi connectivity index (χ2v) is 6.00. The molecule has 3 aromatic rings. The summed E-state index contributed by atoms with van der Waals surface area (Å²) in [5.74, 6) is 1.29. The summed E-state index contributed by atoms with van der Waals surface area (Å²) in [6.07, 6.45) is 4.64. The van der Waals surface area contributed by atoms with Crippen LogP contribution in [0.15, 0.2) is 61.1 Å². The van der Waals surface area contributed by atoms with Gasteiger partial charge in [0.15, 0.2) is 5.82 Å². The molecule has 1 atom stereocenters. The first-order valence-electron chi connectivity index (χ1n) is 8.63. The van der Waals surface area contributed by atoms with E-state index in [0.29, 0.717) is 19.0 Å². The van der Waals surface area contributed by atoms with Crippen molar-refractivity contribution in [2.45, 2.75) is 26.2 Å². The van der Waals surface area contributed by atoms with Crippen molar-refractivity contribution in [2.24, 2.45) is 0 Å². The molecular weight excluding hydrogens is 344 g/mol. The maximum absolute atomic E-state index is 12.3. The van der Waals surface area contributed by atoms with Gasteiger partial charge < -0.3 is 14.8 Å². The average molecular weight is 366 g/mol. The minimum atomic E-state index is -0.566. The number of benzene rings is 1. The molecule has 0 fully saturated rings. The third-order valence-corrected chi connectivity index (χ3v) is 4.02. The molecule has 1 aromatic carbocycles. The predicted molar refractivity (Wildman–Crippen MR) is 100 cm³/mol. The van der Waals surface area contributed by atoms with Crippen molar-refractivity contribution >= 4 is 5.91 Å². The van der Waals surface area contributed by atoms with Crippen LogP contribution in [0.3, 0.4) is 0 Å². The number of hydrogen-bond acceptors (Lipinski definition) is 5. The number of carbonyl (C=O) groups excluding carboxylic acids is 1. The van der Waals surface area contributed by atoms with E-state index in [1.54, 1.807) is 31.1 Å². The minimum absolute atomic E-state index is 0.171. The number of nitrogens with zero attached hydrogens (tertiary/aromatic N) is 3. The highest BCUT2D eigenvalue weighted by molar-refractivity contribution is 5.80. The van der Waals surface area contributed by atoms with Crippen molar-refractivity contribution in [1.82, 2.24) is 20.1 Å². The minimum Gasteiger partial charge on any atom is -0.497 e. The van der Waals surface area contributed by atoms with E-state index in [-0.39, 0.29) is 5.91 Å². The first-order chi connectivity index (χ1) is 13.2. The first-order valence-corrected chi connectivity index (χ1v) is 8.63. The van der Waals surface area contributed by atoms with E-state index in [0.717, 1.165) is 16.9 Å². The van der Waals surface area contributed by atoms with Crippen molar-refractivity contribution in [1.29, 1.82) is 0 Å². The molecule has 7 heteroatoms. The summed E-state index contributed by atoms with van der Waals surface area (Å²) < 4.78 is 12.5. The molecule has 0 radical (unpaired) electrons. The lowest BCUT2D eigenvalue weighted by Gasteiger charge is -2.14. The zero-order chi connectivity index (χ0) is 19.1. The van der Waals surface area contributed by atoms with Crippen LogP contribution in [0, 0.1) is 0 Å². The Kier molecular flexibility index (Phi) is 6.17. The van der Waals surface area contributed by atoms with Crippen LogP contribution in [0.25, 0.3) is 5.82 Å². The molecule has 0 spiro atoms. The molecule has 2 aromatic heterocycles. The van der Waals surface area contributed by atoms with Gasteiger partial charge in [-0.05, 0) is 48.4 Å². The van der Waals surface area contributed by atoms with Crippen LogP contribution in [-0.4, -0.2) is 33.9 Å². The van der Waals surface area contributed by atoms with Crippen LogP contribution in [-0.2, 0) is 22.7 Å². The number of aromatic nitrogens is 3. The summed E-state index contributed by atoms with van der Waals surface area (Å²) in [5.41, 5.74) is 1.89. The van der Waals surface area contributed by atoms with E-state index in [4.69, 9.17) is 9.47 Å². The van der Waals surface area contributed by atoms with Crippen molar-refractivity contribution in [3.05, 3.63) is 72.2 Å². The van der Waals surface area contributed by atoms with Gasteiger partial charge in [-0.25, -0.2) is 9.67 Å². The molecule has 0 bridgehead atoms. The highest BCUT2D eigenvalue weighted by Crippen LogP contribution is 2.14. The van der Waals surface area contributed by atoms with Crippen molar-refractivity contribution in [3.63, 3.8) is 0 Å². The highest BCUT2D eigenvalue weighted by atomic mass is 16.5. The van der Waals surface area contributed by atoms with E-state index in [1.165, 1.54) is 0 Å². The topological polar surface area (TPSA) is 78.3 Å². The number of carbonyl (C=O) groups is 1. The first kappa shape index (κ1) is 18.6. The van der Waals surface area contributed by atoms with Crippen LogP contribution < -0.4 is 10.1 Å². The Balaban J connectivity index is 1.50. The Hall–Kier alpha value is -3.19.